The maximum absolute atomic E-state index is 6.23. The summed E-state index contributed by atoms with van der Waals surface area (Å²) in [7, 11) is 0. The summed E-state index contributed by atoms with van der Waals surface area (Å²) in [5.74, 6) is 2.27. The standard InChI is InChI=1S/C54H34N2O2/c1-5-19-47-39(15-1)43-31-50-44(32-49(43)55(47)37-13-9-11-33(27-37)35-23-25-53-45(29-35)41-17-3-7-21-51(41)57-53)40-16-2-6-20-48(40)56(50)38-14-10-12-34(28-38)36-24-26-54-46(30-36)42-18-4-8-22-52(42)58-54/h1-29,31-32,46H,30H2. The molecule has 0 radical (unpaired) electrons. The van der Waals surface area contributed by atoms with Crippen LogP contribution in [0.1, 0.15) is 23.5 Å². The summed E-state index contributed by atoms with van der Waals surface area (Å²) >= 11 is 0. The molecule has 0 saturated heterocycles. The van der Waals surface area contributed by atoms with Crippen molar-refractivity contribution in [2.45, 2.75) is 12.3 Å². The number of rotatable bonds is 4. The van der Waals surface area contributed by atoms with Crippen LogP contribution in [-0.4, -0.2) is 9.13 Å². The third kappa shape index (κ3) is 4.57. The Balaban J connectivity index is 0.970. The Kier molecular flexibility index (Phi) is 6.53. The molecule has 4 heteroatoms. The Hall–Kier alpha value is -7.56. The molecule has 13 rings (SSSR count). The van der Waals surface area contributed by atoms with Gasteiger partial charge in [-0.1, -0.05) is 109 Å². The van der Waals surface area contributed by atoms with Crippen LogP contribution < -0.4 is 4.74 Å². The van der Waals surface area contributed by atoms with Crippen molar-refractivity contribution in [3.63, 3.8) is 0 Å². The molecule has 1 aliphatic heterocycles. The van der Waals surface area contributed by atoms with Gasteiger partial charge in [0, 0.05) is 55.2 Å². The molecule has 0 N–H and O–H groups in total. The van der Waals surface area contributed by atoms with Gasteiger partial charge < -0.3 is 18.3 Å². The van der Waals surface area contributed by atoms with E-state index >= 15 is 0 Å². The normalized spacial score (nSPS) is 15.0. The number of hydrogen-bond donors (Lipinski definition) is 0. The number of hydrogen-bond acceptors (Lipinski definition) is 2. The molecule has 58 heavy (non-hydrogen) atoms. The van der Waals surface area contributed by atoms with Gasteiger partial charge in [0.25, 0.3) is 0 Å². The summed E-state index contributed by atoms with van der Waals surface area (Å²) < 4.78 is 17.3. The summed E-state index contributed by atoms with van der Waals surface area (Å²) in [5.41, 5.74) is 15.0. The molecule has 1 atom stereocenters. The number of ether oxygens (including phenoxy) is 1. The number of allylic oxidation sites excluding steroid dienone is 4. The second-order valence-electron chi connectivity index (χ2n) is 15.7. The molecule has 0 spiro atoms. The van der Waals surface area contributed by atoms with Crippen molar-refractivity contribution in [2.75, 3.05) is 0 Å². The predicted octanol–water partition coefficient (Wildman–Crippen LogP) is 14.3. The summed E-state index contributed by atoms with van der Waals surface area (Å²) in [6.45, 7) is 0. The van der Waals surface area contributed by atoms with Crippen molar-refractivity contribution >= 4 is 71.1 Å². The fourth-order valence-corrected chi connectivity index (χ4v) is 9.82. The van der Waals surface area contributed by atoms with E-state index < -0.39 is 0 Å². The molecule has 8 aromatic carbocycles. The minimum absolute atomic E-state index is 0.250. The highest BCUT2D eigenvalue weighted by Crippen LogP contribution is 2.48. The van der Waals surface area contributed by atoms with Crippen LogP contribution in [0.3, 0.4) is 0 Å². The van der Waals surface area contributed by atoms with Crippen LogP contribution >= 0.6 is 0 Å². The first-order valence-electron chi connectivity index (χ1n) is 20.0. The first-order valence-corrected chi connectivity index (χ1v) is 20.0. The van der Waals surface area contributed by atoms with E-state index in [0.29, 0.717) is 0 Å². The van der Waals surface area contributed by atoms with E-state index in [-0.39, 0.29) is 5.92 Å². The van der Waals surface area contributed by atoms with Crippen LogP contribution in [0.5, 0.6) is 5.75 Å². The lowest BCUT2D eigenvalue weighted by Crippen LogP contribution is -2.05. The van der Waals surface area contributed by atoms with Gasteiger partial charge in [-0.25, -0.2) is 0 Å². The van der Waals surface area contributed by atoms with E-state index in [0.717, 1.165) is 62.4 Å². The van der Waals surface area contributed by atoms with Crippen molar-refractivity contribution in [2.24, 2.45) is 0 Å². The van der Waals surface area contributed by atoms with E-state index in [4.69, 9.17) is 9.15 Å². The van der Waals surface area contributed by atoms with E-state index in [9.17, 15) is 0 Å². The molecule has 1 unspecified atom stereocenters. The molecular weight excluding hydrogens is 709 g/mol. The summed E-state index contributed by atoms with van der Waals surface area (Å²) in [4.78, 5) is 0. The molecule has 272 valence electrons. The Morgan fingerprint density at radius 1 is 0.414 bits per heavy atom. The van der Waals surface area contributed by atoms with Crippen LogP contribution in [0.25, 0.3) is 93.6 Å². The zero-order valence-electron chi connectivity index (χ0n) is 31.4. The summed E-state index contributed by atoms with van der Waals surface area (Å²) in [6.07, 6.45) is 5.32. The summed E-state index contributed by atoms with van der Waals surface area (Å²) in [6, 6.07) is 63.7. The van der Waals surface area contributed by atoms with Crippen LogP contribution in [0.2, 0.25) is 0 Å². The second-order valence-corrected chi connectivity index (χ2v) is 15.7. The number of nitrogens with zero attached hydrogens (tertiary/aromatic N) is 2. The van der Waals surface area contributed by atoms with Gasteiger partial charge >= 0.3 is 0 Å². The first kappa shape index (κ1) is 31.6. The number of benzene rings is 8. The topological polar surface area (TPSA) is 32.2 Å². The largest absolute Gasteiger partial charge is 0.461 e. The lowest BCUT2D eigenvalue weighted by molar-refractivity contribution is 0.426. The highest BCUT2D eigenvalue weighted by atomic mass is 16.5. The molecule has 4 heterocycles. The van der Waals surface area contributed by atoms with E-state index in [1.165, 1.54) is 60.3 Å². The lowest BCUT2D eigenvalue weighted by Gasteiger charge is -2.19. The van der Waals surface area contributed by atoms with Gasteiger partial charge in [-0.05, 0) is 108 Å². The van der Waals surface area contributed by atoms with Crippen LogP contribution in [0.4, 0.5) is 0 Å². The third-order valence-corrected chi connectivity index (χ3v) is 12.5. The van der Waals surface area contributed by atoms with Crippen molar-refractivity contribution in [3.05, 3.63) is 205 Å². The van der Waals surface area contributed by atoms with Gasteiger partial charge in [0.1, 0.15) is 22.7 Å². The van der Waals surface area contributed by atoms with Crippen LogP contribution in [0, 0.1) is 0 Å². The van der Waals surface area contributed by atoms with Gasteiger partial charge in [0.2, 0.25) is 0 Å². The Bertz CT molecular complexity index is 3590. The molecule has 0 amide bonds. The molecule has 0 fully saturated rings. The maximum atomic E-state index is 6.23. The quantitative estimate of drug-likeness (QED) is 0.180. The first-order chi connectivity index (χ1) is 28.7. The number of furan rings is 1. The van der Waals surface area contributed by atoms with Gasteiger partial charge in [0.05, 0.1) is 22.1 Å². The summed E-state index contributed by atoms with van der Waals surface area (Å²) in [5, 5.41) is 7.20. The van der Waals surface area contributed by atoms with Crippen molar-refractivity contribution in [1.29, 1.82) is 0 Å². The molecule has 11 aromatic rings. The molecule has 1 aliphatic carbocycles. The van der Waals surface area contributed by atoms with Gasteiger partial charge in [-0.2, -0.15) is 0 Å². The fourth-order valence-electron chi connectivity index (χ4n) is 9.82. The number of fused-ring (bicyclic) bond motifs is 12. The molecule has 0 saturated carbocycles. The monoisotopic (exact) mass is 742 g/mol. The molecular formula is C54H34N2O2. The maximum Gasteiger partial charge on any atom is 0.135 e. The average Bonchev–Trinajstić information content (AvgIpc) is 4.03. The van der Waals surface area contributed by atoms with Crippen molar-refractivity contribution < 1.29 is 9.15 Å². The van der Waals surface area contributed by atoms with Crippen molar-refractivity contribution in [3.8, 4) is 28.3 Å². The number of para-hydroxylation sites is 4. The zero-order valence-corrected chi connectivity index (χ0v) is 31.4. The number of aromatic nitrogens is 2. The van der Waals surface area contributed by atoms with E-state index in [2.05, 4.69) is 185 Å². The lowest BCUT2D eigenvalue weighted by atomic mass is 9.85. The minimum Gasteiger partial charge on any atom is -0.461 e. The predicted molar refractivity (Wildman–Crippen MR) is 238 cm³/mol. The third-order valence-electron chi connectivity index (χ3n) is 12.5. The average molecular weight is 743 g/mol. The molecule has 0 bridgehead atoms. The Labute approximate surface area is 333 Å². The molecule has 3 aromatic heterocycles. The van der Waals surface area contributed by atoms with E-state index in [1.807, 2.05) is 12.1 Å². The highest BCUT2D eigenvalue weighted by molar-refractivity contribution is 6.19. The van der Waals surface area contributed by atoms with Crippen LogP contribution in [0.15, 0.2) is 198 Å². The van der Waals surface area contributed by atoms with Crippen molar-refractivity contribution in [1.82, 2.24) is 9.13 Å². The second kappa shape index (κ2) is 12.0. The minimum atomic E-state index is 0.250. The van der Waals surface area contributed by atoms with E-state index in [1.54, 1.807) is 0 Å². The van der Waals surface area contributed by atoms with Gasteiger partial charge in [-0.3, -0.25) is 0 Å². The zero-order chi connectivity index (χ0) is 37.9. The molecule has 2 aliphatic rings. The fraction of sp³-hybridized carbons (Fsp3) is 0.0370. The smallest absolute Gasteiger partial charge is 0.135 e. The Morgan fingerprint density at radius 3 is 1.78 bits per heavy atom. The highest BCUT2D eigenvalue weighted by Gasteiger charge is 2.32. The van der Waals surface area contributed by atoms with Gasteiger partial charge in [0.15, 0.2) is 0 Å². The SMILES string of the molecule is C1=C(c2cccc(-n3c4ccccc4c4cc5c(cc43)c3ccccc3n5-c3cccc(-c4ccc5oc6ccccc6c5c4)c3)c2)CC2C(=C1)Oc1ccccc12. The van der Waals surface area contributed by atoms with Crippen LogP contribution in [-0.2, 0) is 0 Å². The Morgan fingerprint density at radius 2 is 1.02 bits per heavy atom. The molecule has 4 nitrogen and oxygen atoms in total. The van der Waals surface area contributed by atoms with Gasteiger partial charge in [-0.15, -0.1) is 0 Å².